The number of anilines is 1. The Kier molecular flexibility index (Phi) is 10.8. The van der Waals surface area contributed by atoms with Crippen LogP contribution in [0.2, 0.25) is 10.0 Å². The van der Waals surface area contributed by atoms with Crippen LogP contribution in [0.15, 0.2) is 77.7 Å². The number of amides is 2. The first-order chi connectivity index (χ1) is 20.1. The molecule has 2 amide bonds. The number of carbonyl (C=O) groups is 2. The average molecular weight is 633 g/mol. The maximum atomic E-state index is 14.2. The quantitative estimate of drug-likeness (QED) is 0.277. The molecule has 42 heavy (non-hydrogen) atoms. The number of rotatable bonds is 11. The Morgan fingerprint density at radius 2 is 1.64 bits per heavy atom. The summed E-state index contributed by atoms with van der Waals surface area (Å²) in [6.07, 6.45) is 4.98. The Morgan fingerprint density at radius 1 is 0.976 bits per heavy atom. The molecular weight excluding hydrogens is 597 g/mol. The summed E-state index contributed by atoms with van der Waals surface area (Å²) in [6, 6.07) is 18.5. The summed E-state index contributed by atoms with van der Waals surface area (Å²) in [5.41, 5.74) is 0.724. The first-order valence-corrected chi connectivity index (χ1v) is 16.1. The van der Waals surface area contributed by atoms with Crippen LogP contribution in [0.5, 0.6) is 5.75 Å². The molecule has 1 aliphatic rings. The monoisotopic (exact) mass is 631 g/mol. The summed E-state index contributed by atoms with van der Waals surface area (Å²) < 4.78 is 34.4. The van der Waals surface area contributed by atoms with E-state index in [1.807, 2.05) is 0 Å². The summed E-state index contributed by atoms with van der Waals surface area (Å²) >= 11 is 12.7. The number of hydrogen-bond acceptors (Lipinski definition) is 5. The predicted molar refractivity (Wildman–Crippen MR) is 165 cm³/mol. The third kappa shape index (κ3) is 7.56. The summed E-state index contributed by atoms with van der Waals surface area (Å²) in [5, 5.41) is 3.78. The van der Waals surface area contributed by atoms with E-state index < -0.39 is 28.5 Å². The predicted octanol–water partition coefficient (Wildman–Crippen LogP) is 6.06. The molecular formula is C31H35Cl2N3O5S. The molecule has 0 saturated heterocycles. The Balaban J connectivity index is 1.73. The van der Waals surface area contributed by atoms with Gasteiger partial charge in [0.15, 0.2) is 0 Å². The lowest BCUT2D eigenvalue weighted by Crippen LogP contribution is -2.53. The lowest BCUT2D eigenvalue weighted by atomic mass is 9.95. The average Bonchev–Trinajstić information content (AvgIpc) is 2.99. The summed E-state index contributed by atoms with van der Waals surface area (Å²) in [6.45, 7) is 1.03. The molecule has 3 aromatic rings. The number of sulfonamides is 1. The fraction of sp³-hybridized carbons (Fsp3) is 0.355. The van der Waals surface area contributed by atoms with E-state index in [9.17, 15) is 18.0 Å². The number of hydrogen-bond donors (Lipinski definition) is 1. The smallest absolute Gasteiger partial charge is 0.264 e. The molecule has 1 N–H and O–H groups in total. The number of carbonyl (C=O) groups excluding carboxylic acids is 2. The molecule has 0 spiro atoms. The summed E-state index contributed by atoms with van der Waals surface area (Å²) in [7, 11) is -2.86. The van der Waals surface area contributed by atoms with Crippen molar-refractivity contribution in [2.24, 2.45) is 0 Å². The lowest BCUT2D eigenvalue weighted by Gasteiger charge is -2.33. The van der Waals surface area contributed by atoms with Crippen LogP contribution in [-0.4, -0.2) is 50.9 Å². The standard InChI is InChI=1S/C31H35Cl2N3O5S/c1-22(31(38)34-25-12-5-3-6-13-25)35(20-23-11-9-10-16-27(23)33)30(37)21-36(28-19-24(32)17-18-29(28)41-2)42(39,40)26-14-7-4-8-15-26/h4,7-11,14-19,22,25H,3,5-6,12-13,20-21H2,1-2H3,(H,34,38)/t22-/m0/s1. The van der Waals surface area contributed by atoms with Gasteiger partial charge in [0.1, 0.15) is 18.3 Å². The summed E-state index contributed by atoms with van der Waals surface area (Å²) in [5.74, 6) is -0.685. The van der Waals surface area contributed by atoms with Gasteiger partial charge in [-0.05, 0) is 61.7 Å². The van der Waals surface area contributed by atoms with E-state index in [4.69, 9.17) is 27.9 Å². The van der Waals surface area contributed by atoms with Gasteiger partial charge in [-0.1, -0.05) is 78.9 Å². The molecule has 3 aromatic carbocycles. The highest BCUT2D eigenvalue weighted by atomic mass is 35.5. The minimum Gasteiger partial charge on any atom is -0.495 e. The molecule has 0 unspecified atom stereocenters. The maximum absolute atomic E-state index is 14.2. The van der Waals surface area contributed by atoms with Crippen molar-refractivity contribution < 1.29 is 22.7 Å². The van der Waals surface area contributed by atoms with Crippen LogP contribution in [0.3, 0.4) is 0 Å². The highest BCUT2D eigenvalue weighted by Gasteiger charge is 2.34. The number of methoxy groups -OCH3 is 1. The number of nitrogens with zero attached hydrogens (tertiary/aromatic N) is 2. The zero-order valence-electron chi connectivity index (χ0n) is 23.6. The van der Waals surface area contributed by atoms with E-state index >= 15 is 0 Å². The largest absolute Gasteiger partial charge is 0.495 e. The van der Waals surface area contributed by atoms with Crippen LogP contribution in [0.4, 0.5) is 5.69 Å². The second kappa shape index (κ2) is 14.3. The molecule has 8 nitrogen and oxygen atoms in total. The van der Waals surface area contributed by atoms with E-state index in [2.05, 4.69) is 5.32 Å². The van der Waals surface area contributed by atoms with E-state index in [-0.39, 0.29) is 39.8 Å². The van der Waals surface area contributed by atoms with Gasteiger partial charge in [-0.3, -0.25) is 13.9 Å². The molecule has 224 valence electrons. The van der Waals surface area contributed by atoms with Crippen LogP contribution in [0.25, 0.3) is 0 Å². The SMILES string of the molecule is COc1ccc(Cl)cc1N(CC(=O)N(Cc1ccccc1Cl)[C@@H](C)C(=O)NC1CCCCC1)S(=O)(=O)c1ccccc1. The minimum absolute atomic E-state index is 0.00364. The second-order valence-corrected chi connectivity index (χ2v) is 13.0. The van der Waals surface area contributed by atoms with Gasteiger partial charge >= 0.3 is 0 Å². The molecule has 0 aromatic heterocycles. The first kappa shape index (κ1) is 31.7. The maximum Gasteiger partial charge on any atom is 0.264 e. The van der Waals surface area contributed by atoms with Gasteiger partial charge in [0.25, 0.3) is 10.0 Å². The van der Waals surface area contributed by atoms with Gasteiger partial charge in [-0.15, -0.1) is 0 Å². The van der Waals surface area contributed by atoms with Gasteiger partial charge < -0.3 is 15.0 Å². The molecule has 1 saturated carbocycles. The molecule has 0 aliphatic heterocycles. The van der Waals surface area contributed by atoms with Gasteiger partial charge in [0, 0.05) is 22.6 Å². The zero-order valence-corrected chi connectivity index (χ0v) is 26.0. The number of nitrogens with one attached hydrogen (secondary N) is 1. The molecule has 1 fully saturated rings. The number of halogens is 2. The van der Waals surface area contributed by atoms with Gasteiger partial charge in [-0.25, -0.2) is 8.42 Å². The fourth-order valence-electron chi connectivity index (χ4n) is 5.05. The van der Waals surface area contributed by atoms with Gasteiger partial charge in [-0.2, -0.15) is 0 Å². The lowest BCUT2D eigenvalue weighted by molar-refractivity contribution is -0.139. The van der Waals surface area contributed by atoms with Crippen LogP contribution >= 0.6 is 23.2 Å². The van der Waals surface area contributed by atoms with Gasteiger partial charge in [0.05, 0.1) is 17.7 Å². The Bertz CT molecular complexity index is 1500. The Hall–Kier alpha value is -3.27. The highest BCUT2D eigenvalue weighted by Crippen LogP contribution is 2.35. The molecule has 0 bridgehead atoms. The van der Waals surface area contributed by atoms with Crippen molar-refractivity contribution in [3.05, 3.63) is 88.4 Å². The van der Waals surface area contributed by atoms with E-state index in [0.717, 1.165) is 36.4 Å². The van der Waals surface area contributed by atoms with E-state index in [1.54, 1.807) is 55.5 Å². The molecule has 0 radical (unpaired) electrons. The normalized spacial score (nSPS) is 14.6. The Labute approximate surface area is 257 Å². The van der Waals surface area contributed by atoms with Crippen LogP contribution in [0.1, 0.15) is 44.6 Å². The third-order valence-electron chi connectivity index (χ3n) is 7.44. The first-order valence-electron chi connectivity index (χ1n) is 13.9. The second-order valence-electron chi connectivity index (χ2n) is 10.3. The van der Waals surface area contributed by atoms with Crippen LogP contribution in [0, 0.1) is 0 Å². The Morgan fingerprint density at radius 3 is 2.31 bits per heavy atom. The van der Waals surface area contributed by atoms with Crippen molar-refractivity contribution in [2.75, 3.05) is 18.0 Å². The fourth-order valence-corrected chi connectivity index (χ4v) is 6.85. The van der Waals surface area contributed by atoms with Crippen molar-refractivity contribution in [3.63, 3.8) is 0 Å². The van der Waals surface area contributed by atoms with Crippen molar-refractivity contribution in [1.29, 1.82) is 0 Å². The summed E-state index contributed by atoms with van der Waals surface area (Å²) in [4.78, 5) is 29.0. The van der Waals surface area contributed by atoms with Crippen LogP contribution in [-0.2, 0) is 26.2 Å². The molecule has 4 rings (SSSR count). The van der Waals surface area contributed by atoms with Gasteiger partial charge in [0.2, 0.25) is 11.8 Å². The number of ether oxygens (including phenoxy) is 1. The van der Waals surface area contributed by atoms with Crippen molar-refractivity contribution >= 4 is 50.7 Å². The highest BCUT2D eigenvalue weighted by molar-refractivity contribution is 7.92. The number of benzene rings is 3. The van der Waals surface area contributed by atoms with E-state index in [0.29, 0.717) is 10.6 Å². The van der Waals surface area contributed by atoms with Crippen molar-refractivity contribution in [2.45, 2.75) is 62.6 Å². The minimum atomic E-state index is -4.26. The molecule has 11 heteroatoms. The van der Waals surface area contributed by atoms with Crippen molar-refractivity contribution in [1.82, 2.24) is 10.2 Å². The molecule has 1 aliphatic carbocycles. The van der Waals surface area contributed by atoms with E-state index in [1.165, 1.54) is 36.3 Å². The molecule has 1 atom stereocenters. The van der Waals surface area contributed by atoms with Crippen LogP contribution < -0.4 is 14.4 Å². The molecule has 0 heterocycles. The topological polar surface area (TPSA) is 96.0 Å². The van der Waals surface area contributed by atoms with Crippen molar-refractivity contribution in [3.8, 4) is 5.75 Å². The zero-order chi connectivity index (χ0) is 30.3. The third-order valence-corrected chi connectivity index (χ3v) is 9.81.